The number of hydrogen-bond donors (Lipinski definition) is 1. The number of halogens is 2. The molecule has 0 radical (unpaired) electrons. The van der Waals surface area contributed by atoms with Gasteiger partial charge in [0.15, 0.2) is 0 Å². The van der Waals surface area contributed by atoms with Crippen LogP contribution in [-0.2, 0) is 6.42 Å². The molecule has 1 aromatic heterocycles. The molecule has 0 amide bonds. The number of aromatic nitrogens is 1. The maximum Gasteiger partial charge on any atom is 0.373 e. The van der Waals surface area contributed by atoms with Gasteiger partial charge >= 0.3 is 5.97 Å². The average molecular weight is 389 g/mol. The molecule has 1 aromatic carbocycles. The topological polar surface area (TPSA) is 63.3 Å². The maximum absolute atomic E-state index is 11.1. The third kappa shape index (κ3) is 3.06. The molecule has 0 atom stereocenters. The van der Waals surface area contributed by atoms with Gasteiger partial charge in [-0.15, -0.1) is 0 Å². The summed E-state index contributed by atoms with van der Waals surface area (Å²) in [6, 6.07) is 5.56. The van der Waals surface area contributed by atoms with Gasteiger partial charge in [0.25, 0.3) is 0 Å². The number of nitrogens with zero attached hydrogens (tertiary/aromatic N) is 1. The number of benzene rings is 1. The molecule has 19 heavy (non-hydrogen) atoms. The van der Waals surface area contributed by atoms with E-state index >= 15 is 0 Å². The molecule has 0 saturated heterocycles. The van der Waals surface area contributed by atoms with Crippen molar-refractivity contribution < 1.29 is 14.3 Å². The highest BCUT2D eigenvalue weighted by atomic mass is 79.9. The van der Waals surface area contributed by atoms with Gasteiger partial charge in [0.2, 0.25) is 11.7 Å². The van der Waals surface area contributed by atoms with E-state index in [-0.39, 0.29) is 5.76 Å². The van der Waals surface area contributed by atoms with Crippen LogP contribution >= 0.6 is 31.9 Å². The zero-order valence-corrected chi connectivity index (χ0v) is 13.3. The molecule has 0 spiro atoms. The zero-order valence-electron chi connectivity index (χ0n) is 10.1. The molecule has 1 N–H and O–H groups in total. The third-order valence-corrected chi connectivity index (χ3v) is 3.72. The summed E-state index contributed by atoms with van der Waals surface area (Å²) in [7, 11) is 0. The van der Waals surface area contributed by atoms with Gasteiger partial charge in [-0.3, -0.25) is 0 Å². The van der Waals surface area contributed by atoms with Crippen LogP contribution in [0.2, 0.25) is 0 Å². The fourth-order valence-corrected chi connectivity index (χ4v) is 2.48. The van der Waals surface area contributed by atoms with Crippen LogP contribution in [-0.4, -0.2) is 16.1 Å². The highest BCUT2D eigenvalue weighted by molar-refractivity contribution is 9.11. The van der Waals surface area contributed by atoms with E-state index in [1.807, 2.05) is 25.1 Å². The van der Waals surface area contributed by atoms with Crippen molar-refractivity contribution in [1.82, 2.24) is 4.98 Å². The quantitative estimate of drug-likeness (QED) is 0.836. The van der Waals surface area contributed by atoms with Crippen LogP contribution in [0, 0.1) is 0 Å². The highest BCUT2D eigenvalue weighted by Crippen LogP contribution is 2.32. The van der Waals surface area contributed by atoms with Crippen molar-refractivity contribution in [2.75, 3.05) is 0 Å². The van der Waals surface area contributed by atoms with Crippen molar-refractivity contribution in [2.45, 2.75) is 19.8 Å². The predicted molar refractivity (Wildman–Crippen MR) is 78.3 cm³/mol. The number of carboxylic acid groups (broad SMARTS) is 1. The van der Waals surface area contributed by atoms with Gasteiger partial charge < -0.3 is 9.52 Å². The predicted octanol–water partition coefficient (Wildman–Crippen LogP) is 4.52. The number of carboxylic acids is 1. The van der Waals surface area contributed by atoms with Gasteiger partial charge in [0.1, 0.15) is 0 Å². The summed E-state index contributed by atoms with van der Waals surface area (Å²) >= 11 is 6.78. The molecule has 1 heterocycles. The Hall–Kier alpha value is -1.14. The molecule has 0 aliphatic carbocycles. The van der Waals surface area contributed by atoms with Crippen molar-refractivity contribution >= 4 is 37.8 Å². The van der Waals surface area contributed by atoms with Crippen LogP contribution in [0.25, 0.3) is 11.5 Å². The van der Waals surface area contributed by atoms with Crippen molar-refractivity contribution in [1.29, 1.82) is 0 Å². The number of oxazole rings is 1. The Morgan fingerprint density at radius 1 is 1.42 bits per heavy atom. The van der Waals surface area contributed by atoms with E-state index in [0.717, 1.165) is 20.9 Å². The molecule has 6 heteroatoms. The molecule has 0 fully saturated rings. The van der Waals surface area contributed by atoms with E-state index in [1.54, 1.807) is 0 Å². The maximum atomic E-state index is 11.1. The lowest BCUT2D eigenvalue weighted by Gasteiger charge is -2.00. The van der Waals surface area contributed by atoms with Crippen LogP contribution in [0.4, 0.5) is 0 Å². The fourth-order valence-electron chi connectivity index (χ4n) is 1.70. The summed E-state index contributed by atoms with van der Waals surface area (Å²) in [6.07, 6.45) is 1.39. The Morgan fingerprint density at radius 3 is 2.79 bits per heavy atom. The van der Waals surface area contributed by atoms with E-state index in [0.29, 0.717) is 18.0 Å². The number of hydrogen-bond acceptors (Lipinski definition) is 3. The Bertz CT molecular complexity index is 622. The Labute approximate surface area is 127 Å². The number of carbonyl (C=O) groups is 1. The lowest BCUT2D eigenvalue weighted by molar-refractivity contribution is 0.0661. The second-order valence-electron chi connectivity index (χ2n) is 3.97. The molecule has 0 unspecified atom stereocenters. The SMILES string of the molecule is CCCc1nc(-c2cc(Br)ccc2Br)oc1C(=O)O. The molecule has 0 saturated carbocycles. The summed E-state index contributed by atoms with van der Waals surface area (Å²) in [5, 5.41) is 9.12. The summed E-state index contributed by atoms with van der Waals surface area (Å²) in [5.41, 5.74) is 1.20. The monoisotopic (exact) mass is 387 g/mol. The normalized spacial score (nSPS) is 10.7. The molecular formula is C13H11Br2NO3. The van der Waals surface area contributed by atoms with Gasteiger partial charge in [-0.25, -0.2) is 9.78 Å². The van der Waals surface area contributed by atoms with E-state index in [9.17, 15) is 4.79 Å². The first-order valence-corrected chi connectivity index (χ1v) is 7.30. The summed E-state index contributed by atoms with van der Waals surface area (Å²) in [4.78, 5) is 15.4. The smallest absolute Gasteiger partial charge is 0.373 e. The molecule has 2 aromatic rings. The van der Waals surface area contributed by atoms with Gasteiger partial charge in [0, 0.05) is 8.95 Å². The van der Waals surface area contributed by atoms with Gasteiger partial charge in [0.05, 0.1) is 11.3 Å². The average Bonchev–Trinajstić information content (AvgIpc) is 2.77. The lowest BCUT2D eigenvalue weighted by Crippen LogP contribution is -1.99. The van der Waals surface area contributed by atoms with Crippen molar-refractivity contribution in [3.63, 3.8) is 0 Å². The zero-order chi connectivity index (χ0) is 14.0. The van der Waals surface area contributed by atoms with Gasteiger partial charge in [-0.1, -0.05) is 29.3 Å². The van der Waals surface area contributed by atoms with Crippen LogP contribution in [0.5, 0.6) is 0 Å². The van der Waals surface area contributed by atoms with E-state index in [4.69, 9.17) is 9.52 Å². The van der Waals surface area contributed by atoms with Crippen molar-refractivity contribution in [3.8, 4) is 11.5 Å². The minimum absolute atomic E-state index is 0.0799. The molecule has 0 bridgehead atoms. The first-order valence-electron chi connectivity index (χ1n) is 5.71. The standard InChI is InChI=1S/C13H11Br2NO3/c1-2-3-10-11(13(17)18)19-12(16-10)8-6-7(14)4-5-9(8)15/h4-6H,2-3H2,1H3,(H,17,18). The van der Waals surface area contributed by atoms with Gasteiger partial charge in [-0.05, 0) is 40.5 Å². The second-order valence-corrected chi connectivity index (χ2v) is 5.74. The summed E-state index contributed by atoms with van der Waals surface area (Å²) in [6.45, 7) is 1.97. The van der Waals surface area contributed by atoms with Crippen LogP contribution in [0.15, 0.2) is 31.6 Å². The van der Waals surface area contributed by atoms with Crippen LogP contribution in [0.3, 0.4) is 0 Å². The Morgan fingerprint density at radius 2 is 2.16 bits per heavy atom. The fraction of sp³-hybridized carbons (Fsp3) is 0.231. The lowest BCUT2D eigenvalue weighted by atomic mass is 10.2. The van der Waals surface area contributed by atoms with Crippen LogP contribution in [0.1, 0.15) is 29.6 Å². The minimum Gasteiger partial charge on any atom is -0.475 e. The second kappa shape index (κ2) is 5.88. The number of rotatable bonds is 4. The molecule has 100 valence electrons. The first kappa shape index (κ1) is 14.3. The third-order valence-electron chi connectivity index (χ3n) is 2.54. The molecular weight excluding hydrogens is 378 g/mol. The Kier molecular flexibility index (Phi) is 4.42. The number of aryl methyl sites for hydroxylation is 1. The summed E-state index contributed by atoms with van der Waals surface area (Å²) in [5.74, 6) is -0.855. The largest absolute Gasteiger partial charge is 0.475 e. The van der Waals surface area contributed by atoms with E-state index in [2.05, 4.69) is 36.8 Å². The van der Waals surface area contributed by atoms with E-state index < -0.39 is 5.97 Å². The minimum atomic E-state index is -1.09. The summed E-state index contributed by atoms with van der Waals surface area (Å²) < 4.78 is 7.06. The van der Waals surface area contributed by atoms with Gasteiger partial charge in [-0.2, -0.15) is 0 Å². The van der Waals surface area contributed by atoms with E-state index in [1.165, 1.54) is 0 Å². The van der Waals surface area contributed by atoms with Crippen LogP contribution < -0.4 is 0 Å². The highest BCUT2D eigenvalue weighted by Gasteiger charge is 2.20. The molecule has 4 nitrogen and oxygen atoms in total. The first-order chi connectivity index (χ1) is 9.02. The molecule has 0 aliphatic rings. The van der Waals surface area contributed by atoms with Crippen molar-refractivity contribution in [3.05, 3.63) is 38.6 Å². The number of aromatic carboxylic acids is 1. The molecule has 0 aliphatic heterocycles. The molecule has 2 rings (SSSR count). The Balaban J connectivity index is 2.53. The van der Waals surface area contributed by atoms with Crippen molar-refractivity contribution in [2.24, 2.45) is 0 Å².